The molecular weight excluding hydrogens is 318 g/mol. The molecule has 25 heavy (non-hydrogen) atoms. The molecule has 0 aliphatic carbocycles. The maximum absolute atomic E-state index is 12.4. The van der Waals surface area contributed by atoms with Crippen molar-refractivity contribution >= 4 is 11.8 Å². The van der Waals surface area contributed by atoms with Crippen molar-refractivity contribution in [2.24, 2.45) is 0 Å². The van der Waals surface area contributed by atoms with Crippen LogP contribution in [0.5, 0.6) is 5.75 Å². The summed E-state index contributed by atoms with van der Waals surface area (Å²) in [6.07, 6.45) is 3.38. The van der Waals surface area contributed by atoms with Crippen LogP contribution in [0.4, 0.5) is 10.6 Å². The largest absolute Gasteiger partial charge is 0.497 e. The molecule has 1 saturated heterocycles. The molecule has 0 bridgehead atoms. The van der Waals surface area contributed by atoms with Gasteiger partial charge in [-0.25, -0.2) is 14.8 Å². The average Bonchev–Trinajstić information content (AvgIpc) is 2.67. The van der Waals surface area contributed by atoms with E-state index in [0.717, 1.165) is 35.8 Å². The minimum atomic E-state index is -0.0325. The van der Waals surface area contributed by atoms with Crippen molar-refractivity contribution in [1.29, 1.82) is 0 Å². The van der Waals surface area contributed by atoms with Crippen LogP contribution in [0.15, 0.2) is 36.8 Å². The second-order valence-corrected chi connectivity index (χ2v) is 6.01. The number of rotatable bonds is 4. The molecule has 1 fully saturated rings. The fourth-order valence-electron chi connectivity index (χ4n) is 2.88. The minimum absolute atomic E-state index is 0.0325. The van der Waals surface area contributed by atoms with E-state index in [1.807, 2.05) is 42.3 Å². The van der Waals surface area contributed by atoms with Crippen molar-refractivity contribution in [3.8, 4) is 5.75 Å². The Morgan fingerprint density at radius 1 is 1.20 bits per heavy atom. The minimum Gasteiger partial charge on any atom is -0.497 e. The highest BCUT2D eigenvalue weighted by Crippen LogP contribution is 2.17. The molecule has 132 valence electrons. The predicted octanol–water partition coefficient (Wildman–Crippen LogP) is 1.83. The lowest BCUT2D eigenvalue weighted by molar-refractivity contribution is 0.194. The van der Waals surface area contributed by atoms with Gasteiger partial charge in [0.05, 0.1) is 7.11 Å². The number of aromatic nitrogens is 2. The first kappa shape index (κ1) is 17.0. The van der Waals surface area contributed by atoms with Gasteiger partial charge in [-0.3, -0.25) is 0 Å². The Morgan fingerprint density at radius 3 is 2.56 bits per heavy atom. The van der Waals surface area contributed by atoms with E-state index < -0.39 is 0 Å². The van der Waals surface area contributed by atoms with Gasteiger partial charge in [-0.05, 0) is 24.6 Å². The lowest BCUT2D eigenvalue weighted by Gasteiger charge is -2.35. The Labute approximate surface area is 147 Å². The molecule has 1 N–H and O–H groups in total. The zero-order valence-corrected chi connectivity index (χ0v) is 14.6. The highest BCUT2D eigenvalue weighted by molar-refractivity contribution is 5.74. The zero-order valence-electron chi connectivity index (χ0n) is 14.6. The van der Waals surface area contributed by atoms with E-state index >= 15 is 0 Å². The van der Waals surface area contributed by atoms with Crippen LogP contribution in [0.25, 0.3) is 0 Å². The zero-order chi connectivity index (χ0) is 17.6. The summed E-state index contributed by atoms with van der Waals surface area (Å²) in [5.41, 5.74) is 2.10. The quantitative estimate of drug-likeness (QED) is 0.919. The van der Waals surface area contributed by atoms with E-state index in [4.69, 9.17) is 4.74 Å². The summed E-state index contributed by atoms with van der Waals surface area (Å²) in [6, 6.07) is 7.66. The first-order chi connectivity index (χ1) is 12.2. The fourth-order valence-corrected chi connectivity index (χ4v) is 2.88. The molecule has 1 aromatic heterocycles. The number of carbonyl (C=O) groups excluding carboxylic acids is 1. The van der Waals surface area contributed by atoms with Crippen LogP contribution in [-0.2, 0) is 6.54 Å². The van der Waals surface area contributed by atoms with Gasteiger partial charge in [0.1, 0.15) is 17.9 Å². The molecule has 2 aromatic rings. The van der Waals surface area contributed by atoms with Crippen molar-refractivity contribution < 1.29 is 9.53 Å². The number of methoxy groups -OCH3 is 1. The van der Waals surface area contributed by atoms with E-state index in [1.165, 1.54) is 0 Å². The number of benzene rings is 1. The van der Waals surface area contributed by atoms with Crippen molar-refractivity contribution in [2.75, 3.05) is 38.2 Å². The summed E-state index contributed by atoms with van der Waals surface area (Å²) in [6.45, 7) is 5.41. The molecule has 1 aromatic carbocycles. The smallest absolute Gasteiger partial charge is 0.317 e. The molecule has 1 aliphatic heterocycles. The number of hydrogen-bond donors (Lipinski definition) is 1. The number of ether oxygens (including phenoxy) is 1. The number of piperazine rings is 1. The lowest BCUT2D eigenvalue weighted by Crippen LogP contribution is -2.52. The second-order valence-electron chi connectivity index (χ2n) is 6.01. The van der Waals surface area contributed by atoms with Crippen LogP contribution in [-0.4, -0.2) is 54.2 Å². The molecule has 0 saturated carbocycles. The summed E-state index contributed by atoms with van der Waals surface area (Å²) >= 11 is 0. The van der Waals surface area contributed by atoms with Gasteiger partial charge < -0.3 is 19.9 Å². The van der Waals surface area contributed by atoms with Crippen molar-refractivity contribution in [1.82, 2.24) is 20.2 Å². The summed E-state index contributed by atoms with van der Waals surface area (Å²) in [7, 11) is 1.64. The van der Waals surface area contributed by atoms with E-state index in [0.29, 0.717) is 19.6 Å². The Kier molecular flexibility index (Phi) is 5.33. The summed E-state index contributed by atoms with van der Waals surface area (Å²) < 4.78 is 5.14. The van der Waals surface area contributed by atoms with Gasteiger partial charge in [0, 0.05) is 44.5 Å². The third-order valence-corrected chi connectivity index (χ3v) is 4.34. The van der Waals surface area contributed by atoms with Gasteiger partial charge in [0.25, 0.3) is 0 Å². The number of urea groups is 1. The second kappa shape index (κ2) is 7.83. The maximum atomic E-state index is 12.4. The van der Waals surface area contributed by atoms with Crippen molar-refractivity contribution in [3.63, 3.8) is 0 Å². The Balaban J connectivity index is 1.49. The number of anilines is 1. The fraction of sp³-hybridized carbons (Fsp3) is 0.389. The number of hydrogen-bond acceptors (Lipinski definition) is 5. The van der Waals surface area contributed by atoms with Gasteiger partial charge in [-0.15, -0.1) is 0 Å². The van der Waals surface area contributed by atoms with Gasteiger partial charge in [-0.1, -0.05) is 12.1 Å². The molecule has 7 nitrogen and oxygen atoms in total. The molecule has 0 spiro atoms. The van der Waals surface area contributed by atoms with Crippen molar-refractivity contribution in [2.45, 2.75) is 13.5 Å². The van der Waals surface area contributed by atoms with Crippen LogP contribution in [0, 0.1) is 6.92 Å². The van der Waals surface area contributed by atoms with E-state index in [9.17, 15) is 4.79 Å². The Bertz CT molecular complexity index is 712. The number of nitrogens with one attached hydrogen (secondary N) is 1. The van der Waals surface area contributed by atoms with Crippen LogP contribution in [0.1, 0.15) is 11.1 Å². The van der Waals surface area contributed by atoms with Gasteiger partial charge in [0.2, 0.25) is 0 Å². The predicted molar refractivity (Wildman–Crippen MR) is 95.8 cm³/mol. The first-order valence-corrected chi connectivity index (χ1v) is 8.34. The molecule has 7 heteroatoms. The number of carbonyl (C=O) groups is 1. The SMILES string of the molecule is COc1ccc(CNC(=O)N2CCN(c3ncncc3C)CC2)cc1. The molecule has 0 radical (unpaired) electrons. The molecule has 3 rings (SSSR count). The standard InChI is InChI=1S/C18H23N5O2/c1-14-11-19-13-21-17(14)22-7-9-23(10-8-22)18(24)20-12-15-3-5-16(25-2)6-4-15/h3-6,11,13H,7-10,12H2,1-2H3,(H,20,24). The van der Waals surface area contributed by atoms with E-state index in [1.54, 1.807) is 13.4 Å². The van der Waals surface area contributed by atoms with Gasteiger partial charge in [0.15, 0.2) is 0 Å². The molecular formula is C18H23N5O2. The van der Waals surface area contributed by atoms with Gasteiger partial charge in [-0.2, -0.15) is 0 Å². The summed E-state index contributed by atoms with van der Waals surface area (Å²) in [5.74, 6) is 1.76. The Hall–Kier alpha value is -2.83. The van der Waals surface area contributed by atoms with Crippen molar-refractivity contribution in [3.05, 3.63) is 47.9 Å². The Morgan fingerprint density at radius 2 is 1.92 bits per heavy atom. The normalized spacial score (nSPS) is 14.3. The maximum Gasteiger partial charge on any atom is 0.317 e. The van der Waals surface area contributed by atoms with Crippen LogP contribution < -0.4 is 15.0 Å². The van der Waals surface area contributed by atoms with Crippen LogP contribution in [0.2, 0.25) is 0 Å². The summed E-state index contributed by atoms with van der Waals surface area (Å²) in [4.78, 5) is 24.8. The number of nitrogens with zero attached hydrogens (tertiary/aromatic N) is 4. The first-order valence-electron chi connectivity index (χ1n) is 8.34. The van der Waals surface area contributed by atoms with Crippen LogP contribution in [0.3, 0.4) is 0 Å². The molecule has 2 amide bonds. The monoisotopic (exact) mass is 341 g/mol. The van der Waals surface area contributed by atoms with E-state index in [-0.39, 0.29) is 6.03 Å². The molecule has 2 heterocycles. The average molecular weight is 341 g/mol. The van der Waals surface area contributed by atoms with E-state index in [2.05, 4.69) is 20.2 Å². The number of aryl methyl sites for hydroxylation is 1. The van der Waals surface area contributed by atoms with Crippen LogP contribution >= 0.6 is 0 Å². The highest BCUT2D eigenvalue weighted by Gasteiger charge is 2.22. The molecule has 0 atom stereocenters. The third kappa shape index (κ3) is 4.17. The molecule has 1 aliphatic rings. The lowest BCUT2D eigenvalue weighted by atomic mass is 10.2. The third-order valence-electron chi connectivity index (χ3n) is 4.34. The number of amides is 2. The summed E-state index contributed by atoms with van der Waals surface area (Å²) in [5, 5.41) is 2.97. The highest BCUT2D eigenvalue weighted by atomic mass is 16.5. The molecule has 0 unspecified atom stereocenters. The van der Waals surface area contributed by atoms with Gasteiger partial charge >= 0.3 is 6.03 Å². The topological polar surface area (TPSA) is 70.6 Å².